The minimum Gasteiger partial charge on any atom is -0.308 e. The van der Waals surface area contributed by atoms with Crippen molar-refractivity contribution in [2.24, 2.45) is 5.84 Å². The molecule has 0 bridgehead atoms. The van der Waals surface area contributed by atoms with E-state index in [1.165, 1.54) is 6.33 Å². The Morgan fingerprint density at radius 3 is 2.67 bits per heavy atom. The molecule has 0 unspecified atom stereocenters. The molecule has 0 amide bonds. The van der Waals surface area contributed by atoms with E-state index in [2.05, 4.69) is 25.6 Å². The molecule has 96 valence electrons. The van der Waals surface area contributed by atoms with Crippen LogP contribution < -0.4 is 11.3 Å². The number of anilines is 1. The highest BCUT2D eigenvalue weighted by Gasteiger charge is 2.31. The van der Waals surface area contributed by atoms with Gasteiger partial charge in [-0.1, -0.05) is 0 Å². The first-order chi connectivity index (χ1) is 8.49. The summed E-state index contributed by atoms with van der Waals surface area (Å²) >= 11 is 0.918. The number of hydrogen-bond donors (Lipinski definition) is 3. The molecule has 2 heterocycles. The first-order valence-corrected chi connectivity index (χ1v) is 5.40. The number of nitrogen functional groups attached to an aromatic ring is 1. The average molecular weight is 276 g/mol. The average Bonchev–Trinajstić information content (AvgIpc) is 2.80. The molecule has 0 fully saturated rings. The van der Waals surface area contributed by atoms with Crippen LogP contribution in [0.4, 0.5) is 19.0 Å². The SMILES string of the molecule is NNc1cc(C(F)(F)F)cc(Sc2ncn[nH]2)n1. The topological polar surface area (TPSA) is 92.5 Å². The fourth-order valence-corrected chi connectivity index (χ4v) is 1.86. The molecule has 4 N–H and O–H groups in total. The van der Waals surface area contributed by atoms with E-state index < -0.39 is 11.7 Å². The zero-order chi connectivity index (χ0) is 13.2. The smallest absolute Gasteiger partial charge is 0.308 e. The third kappa shape index (κ3) is 2.90. The Hall–Kier alpha value is -1.81. The van der Waals surface area contributed by atoms with Gasteiger partial charge in [-0.25, -0.2) is 15.8 Å². The number of aromatic amines is 1. The van der Waals surface area contributed by atoms with E-state index in [1.807, 2.05) is 0 Å². The van der Waals surface area contributed by atoms with Gasteiger partial charge in [-0.05, 0) is 23.9 Å². The first-order valence-electron chi connectivity index (χ1n) is 4.58. The summed E-state index contributed by atoms with van der Waals surface area (Å²) in [4.78, 5) is 7.66. The summed E-state index contributed by atoms with van der Waals surface area (Å²) in [5.41, 5.74) is 1.25. The highest BCUT2D eigenvalue weighted by atomic mass is 32.2. The van der Waals surface area contributed by atoms with E-state index in [0.717, 1.165) is 23.9 Å². The summed E-state index contributed by atoms with van der Waals surface area (Å²) in [6, 6.07) is 1.73. The van der Waals surface area contributed by atoms with Crippen molar-refractivity contribution in [1.29, 1.82) is 0 Å². The number of halogens is 3. The molecule has 0 radical (unpaired) electrons. The number of nitrogens with zero attached hydrogens (tertiary/aromatic N) is 3. The number of nitrogens with two attached hydrogens (primary N) is 1. The molecular formula is C8H7F3N6S. The molecule has 0 aliphatic heterocycles. The second-order valence-corrected chi connectivity index (χ2v) is 4.12. The van der Waals surface area contributed by atoms with E-state index in [4.69, 9.17) is 5.84 Å². The molecule has 0 aliphatic rings. The first kappa shape index (κ1) is 12.6. The van der Waals surface area contributed by atoms with Crippen LogP contribution >= 0.6 is 11.8 Å². The van der Waals surface area contributed by atoms with Crippen molar-refractivity contribution in [3.8, 4) is 0 Å². The van der Waals surface area contributed by atoms with E-state index in [1.54, 1.807) is 0 Å². The van der Waals surface area contributed by atoms with Gasteiger partial charge in [-0.15, -0.1) is 0 Å². The van der Waals surface area contributed by atoms with Crippen LogP contribution in [0.1, 0.15) is 5.56 Å². The van der Waals surface area contributed by atoms with Crippen LogP contribution in [0.5, 0.6) is 0 Å². The normalized spacial score (nSPS) is 11.6. The van der Waals surface area contributed by atoms with Crippen LogP contribution in [0.2, 0.25) is 0 Å². The maximum Gasteiger partial charge on any atom is 0.416 e. The van der Waals surface area contributed by atoms with Crippen molar-refractivity contribution in [3.05, 3.63) is 24.0 Å². The summed E-state index contributed by atoms with van der Waals surface area (Å²) in [7, 11) is 0. The van der Waals surface area contributed by atoms with Gasteiger partial charge in [0, 0.05) is 0 Å². The second kappa shape index (κ2) is 4.82. The van der Waals surface area contributed by atoms with Gasteiger partial charge in [-0.2, -0.15) is 18.3 Å². The third-order valence-electron chi connectivity index (χ3n) is 1.87. The van der Waals surface area contributed by atoms with Crippen LogP contribution in [0, 0.1) is 0 Å². The number of rotatable bonds is 3. The van der Waals surface area contributed by atoms with Crippen molar-refractivity contribution >= 4 is 17.6 Å². The molecule has 0 atom stereocenters. The quantitative estimate of drug-likeness (QED) is 0.583. The third-order valence-corrected chi connectivity index (χ3v) is 2.68. The fourth-order valence-electron chi connectivity index (χ4n) is 1.14. The molecule has 2 aromatic heterocycles. The van der Waals surface area contributed by atoms with Gasteiger partial charge in [0.15, 0.2) is 5.16 Å². The van der Waals surface area contributed by atoms with Crippen molar-refractivity contribution in [2.45, 2.75) is 16.4 Å². The summed E-state index contributed by atoms with van der Waals surface area (Å²) in [5.74, 6) is 5.00. The van der Waals surface area contributed by atoms with E-state index in [9.17, 15) is 13.2 Å². The molecule has 10 heteroatoms. The zero-order valence-electron chi connectivity index (χ0n) is 8.69. The zero-order valence-corrected chi connectivity index (χ0v) is 9.51. The van der Waals surface area contributed by atoms with Gasteiger partial charge in [0.05, 0.1) is 5.56 Å². The van der Waals surface area contributed by atoms with E-state index >= 15 is 0 Å². The van der Waals surface area contributed by atoms with Crippen molar-refractivity contribution in [2.75, 3.05) is 5.43 Å². The molecule has 2 rings (SSSR count). The molecule has 0 saturated heterocycles. The predicted molar refractivity (Wildman–Crippen MR) is 57.6 cm³/mol. The number of alkyl halides is 3. The number of nitrogens with one attached hydrogen (secondary N) is 2. The number of hydrogen-bond acceptors (Lipinski definition) is 6. The minimum absolute atomic E-state index is 0.0770. The van der Waals surface area contributed by atoms with E-state index in [-0.39, 0.29) is 10.8 Å². The van der Waals surface area contributed by atoms with Crippen LogP contribution in [0.15, 0.2) is 28.6 Å². The largest absolute Gasteiger partial charge is 0.416 e. The molecule has 0 spiro atoms. The van der Waals surface area contributed by atoms with Gasteiger partial charge in [0.25, 0.3) is 0 Å². The fraction of sp³-hybridized carbons (Fsp3) is 0.125. The Morgan fingerprint density at radius 1 is 1.33 bits per heavy atom. The summed E-state index contributed by atoms with van der Waals surface area (Å²) < 4.78 is 37.9. The Balaban J connectivity index is 2.35. The monoisotopic (exact) mass is 276 g/mol. The maximum absolute atomic E-state index is 12.6. The van der Waals surface area contributed by atoms with Crippen molar-refractivity contribution in [3.63, 3.8) is 0 Å². The lowest BCUT2D eigenvalue weighted by atomic mass is 10.2. The summed E-state index contributed by atoms with van der Waals surface area (Å²) in [6.45, 7) is 0. The molecule has 2 aromatic rings. The molecule has 0 aliphatic carbocycles. The summed E-state index contributed by atoms with van der Waals surface area (Å²) in [6.07, 6.45) is -3.22. The van der Waals surface area contributed by atoms with Gasteiger partial charge in [0.2, 0.25) is 0 Å². The molecular weight excluding hydrogens is 269 g/mol. The van der Waals surface area contributed by atoms with Crippen molar-refractivity contribution in [1.82, 2.24) is 20.2 Å². The number of aromatic nitrogens is 4. The predicted octanol–water partition coefficient (Wildman–Crippen LogP) is 1.66. The maximum atomic E-state index is 12.6. The molecule has 0 aromatic carbocycles. The van der Waals surface area contributed by atoms with Gasteiger partial charge in [-0.3, -0.25) is 5.10 Å². The summed E-state index contributed by atoms with van der Waals surface area (Å²) in [5, 5.41) is 6.54. The Morgan fingerprint density at radius 2 is 2.11 bits per heavy atom. The van der Waals surface area contributed by atoms with Gasteiger partial charge < -0.3 is 5.43 Å². The Labute approximate surface area is 103 Å². The minimum atomic E-state index is -4.47. The van der Waals surface area contributed by atoms with Crippen LogP contribution in [-0.2, 0) is 6.18 Å². The molecule has 6 nitrogen and oxygen atoms in total. The standard InChI is InChI=1S/C8H7F3N6S/c9-8(10,11)4-1-5(16-12)15-6(2-4)18-7-13-3-14-17-7/h1-3H,12H2,(H,15,16)(H,13,14,17). The Bertz CT molecular complexity index is 526. The number of pyridine rings is 1. The highest BCUT2D eigenvalue weighted by molar-refractivity contribution is 7.99. The van der Waals surface area contributed by atoms with E-state index in [0.29, 0.717) is 5.16 Å². The Kier molecular flexibility index (Phi) is 3.39. The molecule has 0 saturated carbocycles. The van der Waals surface area contributed by atoms with Gasteiger partial charge in [0.1, 0.15) is 17.2 Å². The lowest BCUT2D eigenvalue weighted by Crippen LogP contribution is -2.12. The molecule has 18 heavy (non-hydrogen) atoms. The van der Waals surface area contributed by atoms with Crippen LogP contribution in [0.3, 0.4) is 0 Å². The number of hydrazine groups is 1. The van der Waals surface area contributed by atoms with Crippen LogP contribution in [0.25, 0.3) is 0 Å². The van der Waals surface area contributed by atoms with Crippen LogP contribution in [-0.4, -0.2) is 20.2 Å². The lowest BCUT2D eigenvalue weighted by molar-refractivity contribution is -0.137. The number of H-pyrrole nitrogens is 1. The lowest BCUT2D eigenvalue weighted by Gasteiger charge is -2.10. The van der Waals surface area contributed by atoms with Gasteiger partial charge >= 0.3 is 6.18 Å². The van der Waals surface area contributed by atoms with Crippen molar-refractivity contribution < 1.29 is 13.2 Å². The second-order valence-electron chi connectivity index (χ2n) is 3.11. The highest BCUT2D eigenvalue weighted by Crippen LogP contribution is 2.33.